The van der Waals surface area contributed by atoms with Crippen molar-refractivity contribution in [2.24, 2.45) is 0 Å². The number of unbranched alkanes of at least 4 members (excludes halogenated alkanes) is 3. The number of imide groups is 1. The topological polar surface area (TPSA) is 92.8 Å². The lowest BCUT2D eigenvalue weighted by atomic mass is 10.2. The zero-order valence-electron chi connectivity index (χ0n) is 13.1. The second kappa shape index (κ2) is 9.92. The maximum atomic E-state index is 11.5. The molecule has 0 bridgehead atoms. The van der Waals surface area contributed by atoms with Gasteiger partial charge in [-0.15, -0.1) is 5.06 Å². The number of amides is 3. The molecule has 1 N–H and O–H groups in total. The van der Waals surface area contributed by atoms with Crippen molar-refractivity contribution in [2.45, 2.75) is 64.7 Å². The van der Waals surface area contributed by atoms with E-state index in [1.54, 1.807) is 0 Å². The molecule has 22 heavy (non-hydrogen) atoms. The van der Waals surface area contributed by atoms with Crippen LogP contribution < -0.4 is 5.32 Å². The summed E-state index contributed by atoms with van der Waals surface area (Å²) < 4.78 is 0. The van der Waals surface area contributed by atoms with Gasteiger partial charge in [-0.05, 0) is 19.3 Å². The normalized spacial score (nSPS) is 14.3. The molecule has 0 atom stereocenters. The number of hydrogen-bond donors (Lipinski definition) is 1. The van der Waals surface area contributed by atoms with Crippen LogP contribution in [0.15, 0.2) is 0 Å². The summed E-state index contributed by atoms with van der Waals surface area (Å²) in [7, 11) is 0. The molecule has 0 aromatic heterocycles. The van der Waals surface area contributed by atoms with Crippen molar-refractivity contribution in [3.8, 4) is 0 Å². The van der Waals surface area contributed by atoms with E-state index >= 15 is 0 Å². The second-order valence-electron chi connectivity index (χ2n) is 5.31. The maximum absolute atomic E-state index is 11.5. The van der Waals surface area contributed by atoms with E-state index in [1.165, 1.54) is 0 Å². The third-order valence-corrected chi connectivity index (χ3v) is 3.34. The fourth-order valence-corrected chi connectivity index (χ4v) is 2.03. The number of carbonyl (C=O) groups is 4. The molecule has 0 spiro atoms. The van der Waals surface area contributed by atoms with Crippen molar-refractivity contribution < 1.29 is 24.0 Å². The van der Waals surface area contributed by atoms with E-state index in [9.17, 15) is 19.2 Å². The highest BCUT2D eigenvalue weighted by molar-refractivity contribution is 6.01. The Hall–Kier alpha value is -1.92. The van der Waals surface area contributed by atoms with Gasteiger partial charge in [-0.25, -0.2) is 4.79 Å². The van der Waals surface area contributed by atoms with E-state index in [4.69, 9.17) is 4.84 Å². The molecule has 0 unspecified atom stereocenters. The second-order valence-corrected chi connectivity index (χ2v) is 5.31. The first-order valence-corrected chi connectivity index (χ1v) is 7.88. The molecular formula is C15H24N2O5. The van der Waals surface area contributed by atoms with Crippen molar-refractivity contribution in [2.75, 3.05) is 6.54 Å². The Bertz CT molecular complexity index is 406. The van der Waals surface area contributed by atoms with Gasteiger partial charge < -0.3 is 10.2 Å². The molecule has 1 heterocycles. The number of hydroxylamine groups is 2. The quantitative estimate of drug-likeness (QED) is 0.487. The van der Waals surface area contributed by atoms with Crippen LogP contribution in [0.3, 0.4) is 0 Å². The Morgan fingerprint density at radius 2 is 1.73 bits per heavy atom. The fourth-order valence-electron chi connectivity index (χ4n) is 2.03. The molecule has 1 fully saturated rings. The fraction of sp³-hybridized carbons (Fsp3) is 0.733. The minimum atomic E-state index is -0.574. The van der Waals surface area contributed by atoms with Crippen LogP contribution in [0.4, 0.5) is 0 Å². The highest BCUT2D eigenvalue weighted by Crippen LogP contribution is 2.13. The summed E-state index contributed by atoms with van der Waals surface area (Å²) in [4.78, 5) is 50.1. The van der Waals surface area contributed by atoms with Crippen LogP contribution in [0.25, 0.3) is 0 Å². The van der Waals surface area contributed by atoms with Crippen LogP contribution in [0.1, 0.15) is 64.7 Å². The number of carbonyl (C=O) groups excluding carboxylic acids is 4. The van der Waals surface area contributed by atoms with Crippen LogP contribution in [-0.4, -0.2) is 35.3 Å². The standard InChI is InChI=1S/C15H24N2O5/c1-2-3-7-12(18)16-11-6-4-5-8-15(21)22-17-13(19)9-10-14(17)20/h2-11H2,1H3,(H,16,18). The molecule has 0 aliphatic carbocycles. The number of hydrogen-bond acceptors (Lipinski definition) is 5. The SMILES string of the molecule is CCCCC(=O)NCCCCCC(=O)ON1C(=O)CCC1=O. The first kappa shape index (κ1) is 18.1. The minimum absolute atomic E-state index is 0.0623. The maximum Gasteiger partial charge on any atom is 0.333 e. The van der Waals surface area contributed by atoms with Gasteiger partial charge in [0.1, 0.15) is 0 Å². The van der Waals surface area contributed by atoms with Crippen LogP contribution in [0.5, 0.6) is 0 Å². The smallest absolute Gasteiger partial charge is 0.333 e. The third-order valence-electron chi connectivity index (χ3n) is 3.34. The third kappa shape index (κ3) is 6.69. The molecule has 1 aliphatic heterocycles. The molecule has 1 rings (SSSR count). The highest BCUT2D eigenvalue weighted by Gasteiger charge is 2.32. The van der Waals surface area contributed by atoms with Gasteiger partial charge in [-0.2, -0.15) is 0 Å². The van der Waals surface area contributed by atoms with Crippen LogP contribution in [-0.2, 0) is 24.0 Å². The van der Waals surface area contributed by atoms with Crippen LogP contribution in [0.2, 0.25) is 0 Å². The lowest BCUT2D eigenvalue weighted by Crippen LogP contribution is -2.31. The van der Waals surface area contributed by atoms with Gasteiger partial charge in [0.2, 0.25) is 5.91 Å². The van der Waals surface area contributed by atoms with Crippen molar-refractivity contribution >= 4 is 23.7 Å². The van der Waals surface area contributed by atoms with E-state index in [0.29, 0.717) is 24.4 Å². The largest absolute Gasteiger partial charge is 0.356 e. The zero-order chi connectivity index (χ0) is 16.4. The predicted molar refractivity (Wildman–Crippen MR) is 78.2 cm³/mol. The molecule has 0 aromatic carbocycles. The molecule has 1 aliphatic rings. The van der Waals surface area contributed by atoms with Gasteiger partial charge >= 0.3 is 5.97 Å². The first-order chi connectivity index (χ1) is 10.5. The van der Waals surface area contributed by atoms with Crippen LogP contribution >= 0.6 is 0 Å². The van der Waals surface area contributed by atoms with E-state index in [1.807, 2.05) is 6.92 Å². The Kier molecular flexibility index (Phi) is 8.17. The summed E-state index contributed by atoms with van der Waals surface area (Å²) in [5, 5.41) is 3.39. The summed E-state index contributed by atoms with van der Waals surface area (Å²) in [6.07, 6.45) is 4.95. The number of nitrogens with zero attached hydrogens (tertiary/aromatic N) is 1. The predicted octanol–water partition coefficient (Wildman–Crippen LogP) is 1.46. The summed E-state index contributed by atoms with van der Waals surface area (Å²) in [6, 6.07) is 0. The summed E-state index contributed by atoms with van der Waals surface area (Å²) >= 11 is 0. The average molecular weight is 312 g/mol. The van der Waals surface area contributed by atoms with E-state index in [0.717, 1.165) is 25.7 Å². The molecule has 124 valence electrons. The molecule has 0 saturated carbocycles. The van der Waals surface area contributed by atoms with Crippen molar-refractivity contribution in [3.63, 3.8) is 0 Å². The summed E-state index contributed by atoms with van der Waals surface area (Å²) in [5.74, 6) is -1.44. The minimum Gasteiger partial charge on any atom is -0.356 e. The molecule has 3 amide bonds. The van der Waals surface area contributed by atoms with Crippen molar-refractivity contribution in [1.29, 1.82) is 0 Å². The zero-order valence-corrected chi connectivity index (χ0v) is 13.1. The van der Waals surface area contributed by atoms with Crippen molar-refractivity contribution in [1.82, 2.24) is 10.4 Å². The first-order valence-electron chi connectivity index (χ1n) is 7.88. The average Bonchev–Trinajstić information content (AvgIpc) is 2.80. The monoisotopic (exact) mass is 312 g/mol. The van der Waals surface area contributed by atoms with Gasteiger partial charge in [-0.1, -0.05) is 19.8 Å². The summed E-state index contributed by atoms with van der Waals surface area (Å²) in [5.41, 5.74) is 0. The Labute approximate surface area is 130 Å². The molecular weight excluding hydrogens is 288 g/mol. The molecule has 0 radical (unpaired) electrons. The van der Waals surface area contributed by atoms with E-state index in [2.05, 4.69) is 5.32 Å². The van der Waals surface area contributed by atoms with Crippen LogP contribution in [0, 0.1) is 0 Å². The Morgan fingerprint density at radius 3 is 2.36 bits per heavy atom. The number of nitrogens with one attached hydrogen (secondary N) is 1. The molecule has 7 heteroatoms. The lowest BCUT2D eigenvalue weighted by molar-refractivity contribution is -0.197. The summed E-state index contributed by atoms with van der Waals surface area (Å²) in [6.45, 7) is 2.64. The van der Waals surface area contributed by atoms with Gasteiger partial charge in [0.15, 0.2) is 0 Å². The van der Waals surface area contributed by atoms with E-state index < -0.39 is 17.8 Å². The molecule has 7 nitrogen and oxygen atoms in total. The molecule has 1 saturated heterocycles. The van der Waals surface area contributed by atoms with Gasteiger partial charge in [0.25, 0.3) is 11.8 Å². The number of rotatable bonds is 10. The van der Waals surface area contributed by atoms with Gasteiger partial charge in [-0.3, -0.25) is 14.4 Å². The lowest BCUT2D eigenvalue weighted by Gasteiger charge is -2.12. The highest BCUT2D eigenvalue weighted by atomic mass is 16.7. The Balaban J connectivity index is 2.02. The van der Waals surface area contributed by atoms with Gasteiger partial charge in [0.05, 0.1) is 0 Å². The van der Waals surface area contributed by atoms with E-state index in [-0.39, 0.29) is 25.2 Å². The van der Waals surface area contributed by atoms with Gasteiger partial charge in [0, 0.05) is 32.2 Å². The Morgan fingerprint density at radius 1 is 1.05 bits per heavy atom. The van der Waals surface area contributed by atoms with Crippen molar-refractivity contribution in [3.05, 3.63) is 0 Å². The molecule has 0 aromatic rings.